The summed E-state index contributed by atoms with van der Waals surface area (Å²) < 4.78 is 0. The molecule has 0 aromatic heterocycles. The van der Waals surface area contributed by atoms with Gasteiger partial charge in [-0.25, -0.2) is 0 Å². The van der Waals surface area contributed by atoms with Gasteiger partial charge in [-0.05, 0) is 29.0 Å². The Morgan fingerprint density at radius 1 is 1.05 bits per heavy atom. The normalized spacial score (nSPS) is 11.4. The predicted octanol–water partition coefficient (Wildman–Crippen LogP) is 4.38. The summed E-state index contributed by atoms with van der Waals surface area (Å²) in [6.45, 7) is 6.45. The standard InChI is InChI=1S/C19H23NO/c1-19(2,3)16-11-9-14(13-17(16)20)10-12-18(21)15-7-5-4-6-8-15/h4-9,11,13H,10,12,20H2,1-3H3. The summed E-state index contributed by atoms with van der Waals surface area (Å²) in [5.74, 6) is 0.175. The van der Waals surface area contributed by atoms with Crippen molar-refractivity contribution in [3.63, 3.8) is 0 Å². The average Bonchev–Trinajstić information content (AvgIpc) is 2.44. The van der Waals surface area contributed by atoms with Crippen molar-refractivity contribution in [3.8, 4) is 0 Å². The zero-order chi connectivity index (χ0) is 15.5. The molecule has 0 unspecified atom stereocenters. The third kappa shape index (κ3) is 3.94. The maximum absolute atomic E-state index is 12.1. The van der Waals surface area contributed by atoms with Crippen molar-refractivity contribution in [2.75, 3.05) is 5.73 Å². The molecule has 0 saturated heterocycles. The lowest BCUT2D eigenvalue weighted by atomic mass is 9.85. The number of carbonyl (C=O) groups is 1. The number of hydrogen-bond donors (Lipinski definition) is 1. The Labute approximate surface area is 127 Å². The van der Waals surface area contributed by atoms with Gasteiger partial charge in [0.1, 0.15) is 0 Å². The second kappa shape index (κ2) is 6.13. The fourth-order valence-corrected chi connectivity index (χ4v) is 2.48. The molecule has 0 amide bonds. The lowest BCUT2D eigenvalue weighted by molar-refractivity contribution is 0.0983. The predicted molar refractivity (Wildman–Crippen MR) is 88.6 cm³/mol. The summed E-state index contributed by atoms with van der Waals surface area (Å²) in [6.07, 6.45) is 1.24. The minimum absolute atomic E-state index is 0.0441. The maximum Gasteiger partial charge on any atom is 0.163 e. The first kappa shape index (κ1) is 15.3. The highest BCUT2D eigenvalue weighted by Crippen LogP contribution is 2.28. The summed E-state index contributed by atoms with van der Waals surface area (Å²) in [7, 11) is 0. The lowest BCUT2D eigenvalue weighted by Gasteiger charge is -2.21. The SMILES string of the molecule is CC(C)(C)c1ccc(CCC(=O)c2ccccc2)cc1N. The molecule has 0 heterocycles. The molecule has 0 bridgehead atoms. The van der Waals surface area contributed by atoms with Crippen LogP contribution < -0.4 is 5.73 Å². The molecule has 110 valence electrons. The number of ketones is 1. The van der Waals surface area contributed by atoms with Gasteiger partial charge in [0.25, 0.3) is 0 Å². The molecule has 2 nitrogen and oxygen atoms in total. The molecule has 2 rings (SSSR count). The highest BCUT2D eigenvalue weighted by Gasteiger charge is 2.16. The molecule has 2 heteroatoms. The smallest absolute Gasteiger partial charge is 0.163 e. The van der Waals surface area contributed by atoms with Crippen LogP contribution in [-0.2, 0) is 11.8 Å². The van der Waals surface area contributed by atoms with E-state index in [0.29, 0.717) is 6.42 Å². The molecule has 0 saturated carbocycles. The molecule has 0 radical (unpaired) electrons. The minimum Gasteiger partial charge on any atom is -0.398 e. The highest BCUT2D eigenvalue weighted by atomic mass is 16.1. The number of carbonyl (C=O) groups excluding carboxylic acids is 1. The topological polar surface area (TPSA) is 43.1 Å². The van der Waals surface area contributed by atoms with E-state index in [1.54, 1.807) is 0 Å². The van der Waals surface area contributed by atoms with E-state index in [1.165, 1.54) is 0 Å². The number of hydrogen-bond acceptors (Lipinski definition) is 2. The summed E-state index contributed by atoms with van der Waals surface area (Å²) in [6, 6.07) is 15.6. The molecule has 2 N–H and O–H groups in total. The first-order valence-corrected chi connectivity index (χ1v) is 7.35. The van der Waals surface area contributed by atoms with Gasteiger partial charge in [-0.2, -0.15) is 0 Å². The zero-order valence-electron chi connectivity index (χ0n) is 13.0. The first-order valence-electron chi connectivity index (χ1n) is 7.35. The number of anilines is 1. The fourth-order valence-electron chi connectivity index (χ4n) is 2.48. The Morgan fingerprint density at radius 3 is 2.29 bits per heavy atom. The molecule has 2 aromatic rings. The van der Waals surface area contributed by atoms with Crippen molar-refractivity contribution in [1.29, 1.82) is 0 Å². The monoisotopic (exact) mass is 281 g/mol. The summed E-state index contributed by atoms with van der Waals surface area (Å²) in [5, 5.41) is 0. The number of benzene rings is 2. The summed E-state index contributed by atoms with van der Waals surface area (Å²) >= 11 is 0. The third-order valence-electron chi connectivity index (χ3n) is 3.66. The number of aryl methyl sites for hydroxylation is 1. The van der Waals surface area contributed by atoms with Crippen molar-refractivity contribution in [3.05, 3.63) is 65.2 Å². The molecular formula is C19H23NO. The van der Waals surface area contributed by atoms with Gasteiger partial charge < -0.3 is 5.73 Å². The van der Waals surface area contributed by atoms with E-state index in [2.05, 4.69) is 32.9 Å². The quantitative estimate of drug-likeness (QED) is 0.667. The zero-order valence-corrected chi connectivity index (χ0v) is 13.0. The van der Waals surface area contributed by atoms with Crippen molar-refractivity contribution < 1.29 is 4.79 Å². The van der Waals surface area contributed by atoms with Crippen molar-refractivity contribution in [2.24, 2.45) is 0 Å². The maximum atomic E-state index is 12.1. The van der Waals surface area contributed by atoms with Crippen LogP contribution in [0.15, 0.2) is 48.5 Å². The number of Topliss-reactive ketones (excluding diaryl/α,β-unsaturated/α-hetero) is 1. The Balaban J connectivity index is 2.05. The molecule has 2 aromatic carbocycles. The highest BCUT2D eigenvalue weighted by molar-refractivity contribution is 5.96. The summed E-state index contributed by atoms with van der Waals surface area (Å²) in [5.41, 5.74) is 10.0. The molecule has 0 atom stereocenters. The first-order chi connectivity index (χ1) is 9.88. The average molecular weight is 281 g/mol. The van der Waals surface area contributed by atoms with E-state index < -0.39 is 0 Å². The Morgan fingerprint density at radius 2 is 1.71 bits per heavy atom. The van der Waals surface area contributed by atoms with E-state index >= 15 is 0 Å². The van der Waals surface area contributed by atoms with Crippen molar-refractivity contribution in [1.82, 2.24) is 0 Å². The molecule has 0 aliphatic heterocycles. The largest absolute Gasteiger partial charge is 0.398 e. The Hall–Kier alpha value is -2.09. The van der Waals surface area contributed by atoms with E-state index in [9.17, 15) is 4.79 Å². The van der Waals surface area contributed by atoms with Crippen LogP contribution in [0.4, 0.5) is 5.69 Å². The molecule has 0 aliphatic rings. The molecule has 21 heavy (non-hydrogen) atoms. The van der Waals surface area contributed by atoms with Gasteiger partial charge in [-0.1, -0.05) is 63.2 Å². The van der Waals surface area contributed by atoms with Crippen LogP contribution in [0, 0.1) is 0 Å². The van der Waals surface area contributed by atoms with Crippen LogP contribution in [0.5, 0.6) is 0 Å². The van der Waals surface area contributed by atoms with Crippen molar-refractivity contribution in [2.45, 2.75) is 39.0 Å². The minimum atomic E-state index is 0.0441. The van der Waals surface area contributed by atoms with Gasteiger partial charge >= 0.3 is 0 Å². The fraction of sp³-hybridized carbons (Fsp3) is 0.316. The molecule has 0 aliphatic carbocycles. The van der Waals surface area contributed by atoms with Gasteiger partial charge in [0.05, 0.1) is 0 Å². The van der Waals surface area contributed by atoms with Crippen LogP contribution >= 0.6 is 0 Å². The van der Waals surface area contributed by atoms with E-state index in [1.807, 2.05) is 36.4 Å². The number of nitrogen functional groups attached to an aromatic ring is 1. The van der Waals surface area contributed by atoms with Crippen LogP contribution in [0.25, 0.3) is 0 Å². The van der Waals surface area contributed by atoms with E-state index in [4.69, 9.17) is 5.73 Å². The van der Waals surface area contributed by atoms with E-state index in [0.717, 1.165) is 28.8 Å². The second-order valence-corrected chi connectivity index (χ2v) is 6.46. The third-order valence-corrected chi connectivity index (χ3v) is 3.66. The van der Waals surface area contributed by atoms with Crippen molar-refractivity contribution >= 4 is 11.5 Å². The van der Waals surface area contributed by atoms with Gasteiger partial charge in [-0.15, -0.1) is 0 Å². The van der Waals surface area contributed by atoms with Crippen LogP contribution in [0.3, 0.4) is 0 Å². The van der Waals surface area contributed by atoms with Crippen LogP contribution in [-0.4, -0.2) is 5.78 Å². The Bertz CT molecular complexity index is 624. The van der Waals surface area contributed by atoms with E-state index in [-0.39, 0.29) is 11.2 Å². The van der Waals surface area contributed by atoms with Gasteiger partial charge in [0.15, 0.2) is 5.78 Å². The Kier molecular flexibility index (Phi) is 4.46. The second-order valence-electron chi connectivity index (χ2n) is 6.46. The van der Waals surface area contributed by atoms with Gasteiger partial charge in [-0.3, -0.25) is 4.79 Å². The molecule has 0 fully saturated rings. The number of rotatable bonds is 4. The molecule has 0 spiro atoms. The van der Waals surface area contributed by atoms with Crippen LogP contribution in [0.1, 0.15) is 48.7 Å². The number of nitrogens with two attached hydrogens (primary N) is 1. The summed E-state index contributed by atoms with van der Waals surface area (Å²) in [4.78, 5) is 12.1. The van der Waals surface area contributed by atoms with Gasteiger partial charge in [0, 0.05) is 17.7 Å². The lowest BCUT2D eigenvalue weighted by Crippen LogP contribution is -2.14. The van der Waals surface area contributed by atoms with Gasteiger partial charge in [0.2, 0.25) is 0 Å². The van der Waals surface area contributed by atoms with Crippen LogP contribution in [0.2, 0.25) is 0 Å². The molecular weight excluding hydrogens is 258 g/mol.